The van der Waals surface area contributed by atoms with Gasteiger partial charge in [0.2, 0.25) is 5.78 Å². The highest BCUT2D eigenvalue weighted by Gasteiger charge is 2.34. The number of anilines is 1. The molecule has 1 fully saturated rings. The number of phenols is 1. The van der Waals surface area contributed by atoms with Crippen molar-refractivity contribution in [3.05, 3.63) is 86.9 Å². The molecule has 9 heteroatoms. The molecule has 0 atom stereocenters. The third-order valence-electron chi connectivity index (χ3n) is 7.16. The number of para-hydroxylation sites is 1. The molecule has 3 aromatic carbocycles. The van der Waals surface area contributed by atoms with E-state index in [9.17, 15) is 14.3 Å². The number of halogens is 2. The number of aryl methyl sites for hydroxylation is 1. The number of hydrogen-bond acceptors (Lipinski definition) is 7. The van der Waals surface area contributed by atoms with Gasteiger partial charge in [0, 0.05) is 48.9 Å². The lowest BCUT2D eigenvalue weighted by molar-refractivity contribution is -0.0165. The van der Waals surface area contributed by atoms with Crippen LogP contribution in [0.2, 0.25) is 5.02 Å². The highest BCUT2D eigenvalue weighted by molar-refractivity contribution is 6.31. The zero-order valence-electron chi connectivity index (χ0n) is 20.8. The SMILES string of the molecule is Cc1cc(O)c(CN2CCN(c3ccccc3F)CC2)c2c1C(=O)/C(=C/c1cc(Cl)cc3c1OCOC3)O2. The highest BCUT2D eigenvalue weighted by atomic mass is 35.5. The van der Waals surface area contributed by atoms with Gasteiger partial charge in [0.25, 0.3) is 0 Å². The summed E-state index contributed by atoms with van der Waals surface area (Å²) in [5.41, 5.74) is 3.64. The molecule has 196 valence electrons. The number of allylic oxidation sites excluding steroid dienone is 1. The number of phenolic OH excluding ortho intramolecular Hbond substituents is 1. The summed E-state index contributed by atoms with van der Waals surface area (Å²) < 4.78 is 31.4. The van der Waals surface area contributed by atoms with Crippen LogP contribution < -0.4 is 14.4 Å². The van der Waals surface area contributed by atoms with E-state index in [-0.39, 0.29) is 29.9 Å². The quantitative estimate of drug-likeness (QED) is 0.454. The molecule has 0 bridgehead atoms. The Morgan fingerprint density at radius 2 is 1.89 bits per heavy atom. The van der Waals surface area contributed by atoms with Gasteiger partial charge in [-0.05, 0) is 48.9 Å². The maximum atomic E-state index is 14.2. The minimum absolute atomic E-state index is 0.0763. The van der Waals surface area contributed by atoms with Gasteiger partial charge in [-0.25, -0.2) is 4.39 Å². The third-order valence-corrected chi connectivity index (χ3v) is 7.38. The highest BCUT2D eigenvalue weighted by Crippen LogP contribution is 2.43. The van der Waals surface area contributed by atoms with Crippen LogP contribution in [-0.2, 0) is 17.9 Å². The summed E-state index contributed by atoms with van der Waals surface area (Å²) in [7, 11) is 0. The second kappa shape index (κ2) is 9.94. The molecule has 1 saturated heterocycles. The van der Waals surface area contributed by atoms with Crippen molar-refractivity contribution in [3.63, 3.8) is 0 Å². The van der Waals surface area contributed by atoms with E-state index in [1.165, 1.54) is 6.07 Å². The van der Waals surface area contributed by atoms with Gasteiger partial charge < -0.3 is 24.2 Å². The Bertz CT molecular complexity index is 1470. The Balaban J connectivity index is 1.26. The Hall–Kier alpha value is -3.59. The number of rotatable bonds is 4. The van der Waals surface area contributed by atoms with Crippen molar-refractivity contribution in [2.24, 2.45) is 0 Å². The van der Waals surface area contributed by atoms with Crippen molar-refractivity contribution >= 4 is 29.1 Å². The van der Waals surface area contributed by atoms with E-state index >= 15 is 0 Å². The third kappa shape index (κ3) is 4.49. The Labute approximate surface area is 224 Å². The number of benzene rings is 3. The molecule has 3 aromatic rings. The van der Waals surface area contributed by atoms with Gasteiger partial charge in [-0.15, -0.1) is 0 Å². The molecule has 0 radical (unpaired) electrons. The molecule has 6 rings (SSSR count). The van der Waals surface area contributed by atoms with Crippen LogP contribution in [0.4, 0.5) is 10.1 Å². The summed E-state index contributed by atoms with van der Waals surface area (Å²) >= 11 is 6.30. The number of carbonyl (C=O) groups is 1. The number of piperazine rings is 1. The predicted octanol–water partition coefficient (Wildman–Crippen LogP) is 5.30. The normalized spacial score (nSPS) is 18.2. The maximum Gasteiger partial charge on any atom is 0.232 e. The van der Waals surface area contributed by atoms with Gasteiger partial charge in [-0.2, -0.15) is 0 Å². The molecule has 0 saturated carbocycles. The van der Waals surface area contributed by atoms with Crippen molar-refractivity contribution in [1.82, 2.24) is 4.90 Å². The lowest BCUT2D eigenvalue weighted by atomic mass is 9.98. The lowest BCUT2D eigenvalue weighted by Crippen LogP contribution is -2.46. The smallest absolute Gasteiger partial charge is 0.232 e. The lowest BCUT2D eigenvalue weighted by Gasteiger charge is -2.36. The summed E-state index contributed by atoms with van der Waals surface area (Å²) in [6.45, 7) is 5.27. The number of Topliss-reactive ketones (excluding diaryl/α,β-unsaturated/α-hetero) is 1. The van der Waals surface area contributed by atoms with Crippen LogP contribution in [0, 0.1) is 12.7 Å². The van der Waals surface area contributed by atoms with Gasteiger partial charge in [0.15, 0.2) is 12.6 Å². The summed E-state index contributed by atoms with van der Waals surface area (Å²) in [6.07, 6.45) is 1.63. The van der Waals surface area contributed by atoms with Crippen LogP contribution in [0.5, 0.6) is 17.2 Å². The van der Waals surface area contributed by atoms with Crippen LogP contribution in [-0.4, -0.2) is 48.8 Å². The zero-order valence-corrected chi connectivity index (χ0v) is 21.6. The number of nitrogens with zero attached hydrogens (tertiary/aromatic N) is 2. The second-order valence-corrected chi connectivity index (χ2v) is 10.1. The van der Waals surface area contributed by atoms with Crippen molar-refractivity contribution in [1.29, 1.82) is 0 Å². The van der Waals surface area contributed by atoms with E-state index < -0.39 is 0 Å². The van der Waals surface area contributed by atoms with E-state index in [1.54, 1.807) is 43.3 Å². The van der Waals surface area contributed by atoms with Gasteiger partial charge >= 0.3 is 0 Å². The minimum atomic E-state index is -0.260. The first kappa shape index (κ1) is 24.7. The molecule has 7 nitrogen and oxygen atoms in total. The number of ketones is 1. The Kier molecular flexibility index (Phi) is 6.47. The Morgan fingerprint density at radius 1 is 1.11 bits per heavy atom. The number of carbonyl (C=O) groups excluding carboxylic acids is 1. The minimum Gasteiger partial charge on any atom is -0.507 e. The van der Waals surface area contributed by atoms with Crippen molar-refractivity contribution < 1.29 is 28.5 Å². The van der Waals surface area contributed by atoms with E-state index in [0.29, 0.717) is 83.8 Å². The van der Waals surface area contributed by atoms with Gasteiger partial charge in [0.1, 0.15) is 23.1 Å². The summed E-state index contributed by atoms with van der Waals surface area (Å²) in [4.78, 5) is 17.6. The molecule has 0 spiro atoms. The number of fused-ring (bicyclic) bond motifs is 2. The van der Waals surface area contributed by atoms with Crippen molar-refractivity contribution in [2.75, 3.05) is 37.9 Å². The first-order valence-corrected chi connectivity index (χ1v) is 12.8. The van der Waals surface area contributed by atoms with Crippen molar-refractivity contribution in [3.8, 4) is 17.2 Å². The Morgan fingerprint density at radius 3 is 2.68 bits per heavy atom. The molecule has 3 aliphatic rings. The summed E-state index contributed by atoms with van der Waals surface area (Å²) in [5, 5.41) is 11.4. The molecule has 0 amide bonds. The molecule has 0 unspecified atom stereocenters. The second-order valence-electron chi connectivity index (χ2n) is 9.64. The zero-order chi connectivity index (χ0) is 26.4. The fourth-order valence-corrected chi connectivity index (χ4v) is 5.52. The van der Waals surface area contributed by atoms with E-state index in [4.69, 9.17) is 25.8 Å². The summed E-state index contributed by atoms with van der Waals surface area (Å²) in [5.74, 6) is 0.693. The molecule has 3 aliphatic heterocycles. The average Bonchev–Trinajstić information content (AvgIpc) is 3.23. The van der Waals surface area contributed by atoms with E-state index in [2.05, 4.69) is 4.90 Å². The fourth-order valence-electron chi connectivity index (χ4n) is 5.27. The standard InChI is InChI=1S/C29H26ClFN2O5/c1-17-10-24(34)21(14-32-6-8-33(9-7-32)23-5-3-2-4-22(23)31)29-26(17)27(35)25(38-29)13-18-11-20(30)12-19-15-36-16-37-28(18)19/h2-5,10-13,34H,6-9,14-16H2,1H3/b25-13-. The van der Waals surface area contributed by atoms with E-state index in [1.807, 2.05) is 11.0 Å². The molecule has 3 heterocycles. The number of aromatic hydroxyl groups is 1. The van der Waals surface area contributed by atoms with Crippen LogP contribution >= 0.6 is 11.6 Å². The van der Waals surface area contributed by atoms with E-state index in [0.717, 1.165) is 5.56 Å². The fraction of sp³-hybridized carbons (Fsp3) is 0.276. The first-order chi connectivity index (χ1) is 18.4. The summed E-state index contributed by atoms with van der Waals surface area (Å²) in [6, 6.07) is 11.9. The van der Waals surface area contributed by atoms with Crippen LogP contribution in [0.1, 0.15) is 32.6 Å². The number of hydrogen-bond donors (Lipinski definition) is 1. The topological polar surface area (TPSA) is 71.5 Å². The number of ether oxygens (including phenoxy) is 3. The molecule has 38 heavy (non-hydrogen) atoms. The van der Waals surface area contributed by atoms with Crippen molar-refractivity contribution in [2.45, 2.75) is 20.1 Å². The average molecular weight is 537 g/mol. The van der Waals surface area contributed by atoms with Gasteiger partial charge in [-0.1, -0.05) is 23.7 Å². The van der Waals surface area contributed by atoms with Crippen LogP contribution in [0.3, 0.4) is 0 Å². The largest absolute Gasteiger partial charge is 0.507 e. The molecular formula is C29H26ClFN2O5. The maximum absolute atomic E-state index is 14.2. The predicted molar refractivity (Wildman–Crippen MR) is 141 cm³/mol. The monoisotopic (exact) mass is 536 g/mol. The molecule has 1 N–H and O–H groups in total. The molecular weight excluding hydrogens is 511 g/mol. The molecule has 0 aromatic heterocycles. The molecule has 0 aliphatic carbocycles. The van der Waals surface area contributed by atoms with Gasteiger partial charge in [-0.3, -0.25) is 9.69 Å². The first-order valence-electron chi connectivity index (χ1n) is 12.4. The van der Waals surface area contributed by atoms with Crippen LogP contribution in [0.25, 0.3) is 6.08 Å². The van der Waals surface area contributed by atoms with Crippen LogP contribution in [0.15, 0.2) is 48.2 Å². The van der Waals surface area contributed by atoms with Gasteiger partial charge in [0.05, 0.1) is 23.4 Å².